The van der Waals surface area contributed by atoms with Crippen LogP contribution in [0.15, 0.2) is 47.6 Å². The largest absolute Gasteiger partial charge is 0.496 e. The fourth-order valence-electron chi connectivity index (χ4n) is 1.74. The van der Waals surface area contributed by atoms with Crippen LogP contribution in [0.4, 0.5) is 4.39 Å². The molecule has 4 heteroatoms. The topological polar surface area (TPSA) is 47.6 Å². The standard InChI is InChI=1S/C14H13FN2O/c1-18-14-7-6-12(15)8-13(14)11-4-2-10(3-5-11)9-17-16/h2-9H,16H2,1H3. The molecule has 0 saturated heterocycles. The van der Waals surface area contributed by atoms with E-state index in [1.54, 1.807) is 19.4 Å². The van der Waals surface area contributed by atoms with Crippen LogP contribution in [-0.4, -0.2) is 13.3 Å². The molecule has 0 aliphatic rings. The molecule has 0 saturated carbocycles. The SMILES string of the molecule is COc1ccc(F)cc1-c1ccc(C=NN)cc1. The minimum absolute atomic E-state index is 0.293. The van der Waals surface area contributed by atoms with E-state index >= 15 is 0 Å². The number of nitrogens with zero attached hydrogens (tertiary/aromatic N) is 1. The molecular formula is C14H13FN2O. The Kier molecular flexibility index (Phi) is 3.57. The lowest BCUT2D eigenvalue weighted by atomic mass is 10.0. The van der Waals surface area contributed by atoms with Gasteiger partial charge in [-0.1, -0.05) is 24.3 Å². The van der Waals surface area contributed by atoms with E-state index in [9.17, 15) is 4.39 Å². The maximum absolute atomic E-state index is 13.3. The van der Waals surface area contributed by atoms with Gasteiger partial charge in [-0.15, -0.1) is 0 Å². The van der Waals surface area contributed by atoms with E-state index in [1.165, 1.54) is 12.1 Å². The van der Waals surface area contributed by atoms with Gasteiger partial charge >= 0.3 is 0 Å². The molecule has 18 heavy (non-hydrogen) atoms. The Bertz CT molecular complexity index is 565. The molecule has 0 heterocycles. The van der Waals surface area contributed by atoms with E-state index in [-0.39, 0.29) is 5.82 Å². The van der Waals surface area contributed by atoms with Crippen molar-refractivity contribution >= 4 is 6.21 Å². The third kappa shape index (κ3) is 2.48. The van der Waals surface area contributed by atoms with Crippen molar-refractivity contribution in [3.8, 4) is 16.9 Å². The Labute approximate surface area is 105 Å². The fourth-order valence-corrected chi connectivity index (χ4v) is 1.74. The zero-order valence-electron chi connectivity index (χ0n) is 9.93. The molecule has 0 fully saturated rings. The molecule has 0 aliphatic carbocycles. The molecule has 0 aromatic heterocycles. The summed E-state index contributed by atoms with van der Waals surface area (Å²) in [5.74, 6) is 5.42. The highest BCUT2D eigenvalue weighted by Crippen LogP contribution is 2.30. The Hall–Kier alpha value is -2.36. The molecule has 0 spiro atoms. The average Bonchev–Trinajstić information content (AvgIpc) is 2.40. The van der Waals surface area contributed by atoms with Crippen molar-refractivity contribution in [2.24, 2.45) is 10.9 Å². The summed E-state index contributed by atoms with van der Waals surface area (Å²) in [5, 5.41) is 3.45. The summed E-state index contributed by atoms with van der Waals surface area (Å²) >= 11 is 0. The molecular weight excluding hydrogens is 231 g/mol. The summed E-state index contributed by atoms with van der Waals surface area (Å²) in [4.78, 5) is 0. The summed E-state index contributed by atoms with van der Waals surface area (Å²) in [6.07, 6.45) is 1.55. The molecule has 0 bridgehead atoms. The predicted octanol–water partition coefficient (Wildman–Crippen LogP) is 2.79. The highest BCUT2D eigenvalue weighted by molar-refractivity contribution is 5.81. The van der Waals surface area contributed by atoms with Crippen molar-refractivity contribution in [2.45, 2.75) is 0 Å². The van der Waals surface area contributed by atoms with Gasteiger partial charge in [0.2, 0.25) is 0 Å². The first-order chi connectivity index (χ1) is 8.74. The van der Waals surface area contributed by atoms with Gasteiger partial charge in [-0.05, 0) is 29.3 Å². The Morgan fingerprint density at radius 1 is 1.17 bits per heavy atom. The number of benzene rings is 2. The number of nitrogens with two attached hydrogens (primary N) is 1. The Morgan fingerprint density at radius 2 is 1.89 bits per heavy atom. The highest BCUT2D eigenvalue weighted by Gasteiger charge is 2.06. The van der Waals surface area contributed by atoms with Crippen LogP contribution in [0.3, 0.4) is 0 Å². The number of rotatable bonds is 3. The lowest BCUT2D eigenvalue weighted by Crippen LogP contribution is -1.90. The van der Waals surface area contributed by atoms with Gasteiger partial charge in [0, 0.05) is 5.56 Å². The van der Waals surface area contributed by atoms with Crippen molar-refractivity contribution in [2.75, 3.05) is 7.11 Å². The number of methoxy groups -OCH3 is 1. The first-order valence-electron chi connectivity index (χ1n) is 5.42. The molecule has 3 nitrogen and oxygen atoms in total. The van der Waals surface area contributed by atoms with Crippen LogP contribution in [0.1, 0.15) is 5.56 Å². The Morgan fingerprint density at radius 3 is 2.50 bits per heavy atom. The number of halogens is 1. The van der Waals surface area contributed by atoms with Gasteiger partial charge in [-0.2, -0.15) is 5.10 Å². The lowest BCUT2D eigenvalue weighted by molar-refractivity contribution is 0.415. The lowest BCUT2D eigenvalue weighted by Gasteiger charge is -2.08. The van der Waals surface area contributed by atoms with Crippen LogP contribution in [0, 0.1) is 5.82 Å². The van der Waals surface area contributed by atoms with Crippen molar-refractivity contribution < 1.29 is 9.13 Å². The van der Waals surface area contributed by atoms with Gasteiger partial charge in [0.1, 0.15) is 11.6 Å². The van der Waals surface area contributed by atoms with Crippen molar-refractivity contribution in [3.05, 3.63) is 53.8 Å². The third-order valence-electron chi connectivity index (χ3n) is 2.61. The van der Waals surface area contributed by atoms with E-state index < -0.39 is 0 Å². The van der Waals surface area contributed by atoms with Crippen LogP contribution in [-0.2, 0) is 0 Å². The molecule has 0 unspecified atom stereocenters. The van der Waals surface area contributed by atoms with Gasteiger partial charge in [-0.25, -0.2) is 4.39 Å². The fraction of sp³-hybridized carbons (Fsp3) is 0.0714. The quantitative estimate of drug-likeness (QED) is 0.512. The second kappa shape index (κ2) is 5.31. The molecule has 0 radical (unpaired) electrons. The first-order valence-corrected chi connectivity index (χ1v) is 5.42. The molecule has 0 atom stereocenters. The molecule has 2 N–H and O–H groups in total. The number of ether oxygens (including phenoxy) is 1. The number of hydrogen-bond acceptors (Lipinski definition) is 3. The summed E-state index contributed by atoms with van der Waals surface area (Å²) in [6, 6.07) is 11.9. The first kappa shape index (κ1) is 12.1. The van der Waals surface area contributed by atoms with Gasteiger partial charge < -0.3 is 10.6 Å². The van der Waals surface area contributed by atoms with Crippen LogP contribution in [0.25, 0.3) is 11.1 Å². The zero-order valence-corrected chi connectivity index (χ0v) is 9.93. The van der Waals surface area contributed by atoms with E-state index in [4.69, 9.17) is 10.6 Å². The molecule has 2 rings (SSSR count). The number of hydrogen-bond donors (Lipinski definition) is 1. The van der Waals surface area contributed by atoms with Gasteiger partial charge in [-0.3, -0.25) is 0 Å². The normalized spacial score (nSPS) is 10.8. The minimum Gasteiger partial charge on any atom is -0.496 e. The highest BCUT2D eigenvalue weighted by atomic mass is 19.1. The second-order valence-electron chi connectivity index (χ2n) is 3.74. The third-order valence-corrected chi connectivity index (χ3v) is 2.61. The van der Waals surface area contributed by atoms with E-state index in [1.807, 2.05) is 24.3 Å². The summed E-state index contributed by atoms with van der Waals surface area (Å²) in [6.45, 7) is 0. The monoisotopic (exact) mass is 244 g/mol. The zero-order chi connectivity index (χ0) is 13.0. The van der Waals surface area contributed by atoms with Crippen LogP contribution < -0.4 is 10.6 Å². The summed E-state index contributed by atoms with van der Waals surface area (Å²) < 4.78 is 18.5. The van der Waals surface area contributed by atoms with Crippen LogP contribution in [0.2, 0.25) is 0 Å². The molecule has 2 aromatic carbocycles. The van der Waals surface area contributed by atoms with Crippen molar-refractivity contribution in [1.82, 2.24) is 0 Å². The minimum atomic E-state index is -0.293. The van der Waals surface area contributed by atoms with Gasteiger partial charge in [0.05, 0.1) is 13.3 Å². The average molecular weight is 244 g/mol. The summed E-state index contributed by atoms with van der Waals surface area (Å²) in [5.41, 5.74) is 2.48. The predicted molar refractivity (Wildman–Crippen MR) is 70.2 cm³/mol. The number of hydrazone groups is 1. The molecule has 92 valence electrons. The van der Waals surface area contributed by atoms with Gasteiger partial charge in [0.15, 0.2) is 0 Å². The maximum Gasteiger partial charge on any atom is 0.126 e. The molecule has 0 aliphatic heterocycles. The smallest absolute Gasteiger partial charge is 0.126 e. The van der Waals surface area contributed by atoms with Crippen LogP contribution >= 0.6 is 0 Å². The maximum atomic E-state index is 13.3. The van der Waals surface area contributed by atoms with Crippen molar-refractivity contribution in [1.29, 1.82) is 0 Å². The van der Waals surface area contributed by atoms with Crippen molar-refractivity contribution in [3.63, 3.8) is 0 Å². The summed E-state index contributed by atoms with van der Waals surface area (Å²) in [7, 11) is 1.56. The van der Waals surface area contributed by atoms with Gasteiger partial charge in [0.25, 0.3) is 0 Å². The second-order valence-corrected chi connectivity index (χ2v) is 3.74. The van der Waals surface area contributed by atoms with E-state index in [0.717, 1.165) is 11.1 Å². The Balaban J connectivity index is 2.44. The molecule has 0 amide bonds. The van der Waals surface area contributed by atoms with Crippen LogP contribution in [0.5, 0.6) is 5.75 Å². The van der Waals surface area contributed by atoms with E-state index in [0.29, 0.717) is 11.3 Å². The molecule has 2 aromatic rings. The van der Waals surface area contributed by atoms with E-state index in [2.05, 4.69) is 5.10 Å².